The summed E-state index contributed by atoms with van der Waals surface area (Å²) in [7, 11) is 1.66. The van der Waals surface area contributed by atoms with E-state index < -0.39 is 0 Å². The van der Waals surface area contributed by atoms with Gasteiger partial charge in [0.05, 0.1) is 12.0 Å². The Labute approximate surface area is 136 Å². The molecule has 0 amide bonds. The monoisotopic (exact) mass is 314 g/mol. The molecule has 0 spiro atoms. The van der Waals surface area contributed by atoms with E-state index in [9.17, 15) is 4.79 Å². The van der Waals surface area contributed by atoms with Crippen molar-refractivity contribution < 1.29 is 9.53 Å². The van der Waals surface area contributed by atoms with Gasteiger partial charge in [-0.15, -0.1) is 11.3 Å². The molecular weight excluding hydrogens is 292 g/mol. The molecule has 3 heteroatoms. The van der Waals surface area contributed by atoms with Crippen molar-refractivity contribution in [1.29, 1.82) is 0 Å². The van der Waals surface area contributed by atoms with Gasteiger partial charge in [0.2, 0.25) is 0 Å². The number of hydrogen-bond acceptors (Lipinski definition) is 3. The minimum absolute atomic E-state index is 0.763. The summed E-state index contributed by atoms with van der Waals surface area (Å²) < 4.78 is 5.20. The molecule has 0 atom stereocenters. The second kappa shape index (κ2) is 8.54. The fourth-order valence-electron chi connectivity index (χ4n) is 2.31. The molecule has 0 aliphatic carbocycles. The Kier molecular flexibility index (Phi) is 6.41. The third-order valence-corrected chi connectivity index (χ3v) is 4.57. The van der Waals surface area contributed by atoms with Gasteiger partial charge in [-0.25, -0.2) is 0 Å². The van der Waals surface area contributed by atoms with Crippen molar-refractivity contribution in [2.75, 3.05) is 7.11 Å². The van der Waals surface area contributed by atoms with Gasteiger partial charge in [-0.2, -0.15) is 0 Å². The number of benzene rings is 1. The maximum Gasteiger partial charge on any atom is 0.160 e. The van der Waals surface area contributed by atoms with Gasteiger partial charge in [-0.3, -0.25) is 4.79 Å². The zero-order chi connectivity index (χ0) is 15.8. The molecule has 1 heterocycles. The lowest BCUT2D eigenvalue weighted by atomic mass is 10.1. The SMILES string of the molecule is CCCCC/C=C/c1sc(C=O)cc1-c1ccc(OC)cc1. The minimum atomic E-state index is 0.763. The van der Waals surface area contributed by atoms with E-state index in [4.69, 9.17) is 4.74 Å². The highest BCUT2D eigenvalue weighted by molar-refractivity contribution is 7.15. The summed E-state index contributed by atoms with van der Waals surface area (Å²) in [6.07, 6.45) is 10.1. The van der Waals surface area contributed by atoms with Crippen LogP contribution < -0.4 is 4.74 Å². The molecule has 0 saturated heterocycles. The lowest BCUT2D eigenvalue weighted by Crippen LogP contribution is -1.82. The minimum Gasteiger partial charge on any atom is -0.497 e. The molecule has 0 aliphatic heterocycles. The summed E-state index contributed by atoms with van der Waals surface area (Å²) in [4.78, 5) is 13.0. The highest BCUT2D eigenvalue weighted by Crippen LogP contribution is 2.33. The average molecular weight is 314 g/mol. The zero-order valence-electron chi connectivity index (χ0n) is 13.2. The van der Waals surface area contributed by atoms with Gasteiger partial charge < -0.3 is 4.74 Å². The predicted molar refractivity (Wildman–Crippen MR) is 94.9 cm³/mol. The third-order valence-electron chi connectivity index (χ3n) is 3.54. The molecule has 22 heavy (non-hydrogen) atoms. The number of aldehydes is 1. The van der Waals surface area contributed by atoms with Crippen LogP contribution in [0.4, 0.5) is 0 Å². The first-order valence-electron chi connectivity index (χ1n) is 7.68. The van der Waals surface area contributed by atoms with Gasteiger partial charge in [0.1, 0.15) is 5.75 Å². The smallest absolute Gasteiger partial charge is 0.160 e. The second-order valence-corrected chi connectivity index (χ2v) is 6.29. The molecule has 2 rings (SSSR count). The predicted octanol–water partition coefficient (Wildman–Crippen LogP) is 5.83. The van der Waals surface area contributed by atoms with Crippen LogP contribution in [-0.2, 0) is 0 Å². The number of methoxy groups -OCH3 is 1. The summed E-state index contributed by atoms with van der Waals surface area (Å²) in [5.41, 5.74) is 2.22. The van der Waals surface area contributed by atoms with E-state index in [1.807, 2.05) is 30.3 Å². The number of ether oxygens (including phenoxy) is 1. The fourth-order valence-corrected chi connectivity index (χ4v) is 3.24. The first kappa shape index (κ1) is 16.5. The molecule has 0 N–H and O–H groups in total. The Balaban J connectivity index is 2.21. The van der Waals surface area contributed by atoms with Crippen LogP contribution in [0.2, 0.25) is 0 Å². The highest BCUT2D eigenvalue weighted by Gasteiger charge is 2.09. The van der Waals surface area contributed by atoms with E-state index in [1.54, 1.807) is 18.4 Å². The summed E-state index contributed by atoms with van der Waals surface area (Å²) >= 11 is 1.54. The van der Waals surface area contributed by atoms with Gasteiger partial charge in [-0.1, -0.05) is 38.0 Å². The molecule has 2 aromatic rings. The van der Waals surface area contributed by atoms with E-state index in [0.717, 1.165) is 39.3 Å². The first-order valence-corrected chi connectivity index (χ1v) is 8.50. The van der Waals surface area contributed by atoms with Gasteiger partial charge >= 0.3 is 0 Å². The largest absolute Gasteiger partial charge is 0.497 e. The van der Waals surface area contributed by atoms with Crippen molar-refractivity contribution in [2.45, 2.75) is 32.6 Å². The van der Waals surface area contributed by atoms with Crippen LogP contribution in [0.3, 0.4) is 0 Å². The summed E-state index contributed by atoms with van der Waals surface area (Å²) in [5.74, 6) is 0.839. The van der Waals surface area contributed by atoms with Crippen molar-refractivity contribution >= 4 is 23.7 Å². The molecule has 0 aliphatic rings. The van der Waals surface area contributed by atoms with Gasteiger partial charge in [0.15, 0.2) is 6.29 Å². The topological polar surface area (TPSA) is 26.3 Å². The number of unbranched alkanes of at least 4 members (excludes halogenated alkanes) is 3. The lowest BCUT2D eigenvalue weighted by molar-refractivity contribution is 0.112. The molecular formula is C19H22O2S. The van der Waals surface area contributed by atoms with Gasteiger partial charge in [-0.05, 0) is 42.7 Å². The third kappa shape index (κ3) is 4.31. The number of hydrogen-bond donors (Lipinski definition) is 0. The van der Waals surface area contributed by atoms with Crippen molar-refractivity contribution in [2.24, 2.45) is 0 Å². The molecule has 0 unspecified atom stereocenters. The number of carbonyl (C=O) groups is 1. The second-order valence-electron chi connectivity index (χ2n) is 5.17. The average Bonchev–Trinajstić information content (AvgIpc) is 2.98. The van der Waals surface area contributed by atoms with Crippen molar-refractivity contribution in [3.05, 3.63) is 46.2 Å². The number of rotatable bonds is 8. The fraction of sp³-hybridized carbons (Fsp3) is 0.316. The molecule has 0 bridgehead atoms. The maximum absolute atomic E-state index is 11.1. The van der Waals surface area contributed by atoms with Gasteiger partial charge in [0, 0.05) is 10.4 Å². The van der Waals surface area contributed by atoms with Crippen LogP contribution in [0.1, 0.15) is 47.2 Å². The standard InChI is InChI=1S/C19H22O2S/c1-3-4-5-6-7-8-19-18(13-17(14-20)22-19)15-9-11-16(21-2)12-10-15/h7-14H,3-6H2,1-2H3/b8-7+. The number of thiophene rings is 1. The zero-order valence-corrected chi connectivity index (χ0v) is 14.0. The van der Waals surface area contributed by atoms with Crippen LogP contribution in [0.25, 0.3) is 17.2 Å². The molecule has 1 aromatic carbocycles. The maximum atomic E-state index is 11.1. The summed E-state index contributed by atoms with van der Waals surface area (Å²) in [6.45, 7) is 2.21. The Bertz CT molecular complexity index is 623. The van der Waals surface area contributed by atoms with Crippen LogP contribution >= 0.6 is 11.3 Å². The van der Waals surface area contributed by atoms with E-state index in [2.05, 4.69) is 19.1 Å². The Morgan fingerprint density at radius 1 is 1.18 bits per heavy atom. The highest BCUT2D eigenvalue weighted by atomic mass is 32.1. The van der Waals surface area contributed by atoms with E-state index >= 15 is 0 Å². The summed E-state index contributed by atoms with van der Waals surface area (Å²) in [5, 5.41) is 0. The van der Waals surface area contributed by atoms with Crippen LogP contribution in [-0.4, -0.2) is 13.4 Å². The number of carbonyl (C=O) groups excluding carboxylic acids is 1. The van der Waals surface area contributed by atoms with Crippen LogP contribution in [0.5, 0.6) is 5.75 Å². The molecule has 116 valence electrons. The van der Waals surface area contributed by atoms with E-state index in [0.29, 0.717) is 0 Å². The van der Waals surface area contributed by atoms with Crippen molar-refractivity contribution in [3.8, 4) is 16.9 Å². The normalized spacial score (nSPS) is 11.0. The van der Waals surface area contributed by atoms with E-state index in [1.165, 1.54) is 19.3 Å². The van der Waals surface area contributed by atoms with Gasteiger partial charge in [0.25, 0.3) is 0 Å². The Morgan fingerprint density at radius 2 is 1.95 bits per heavy atom. The van der Waals surface area contributed by atoms with Crippen LogP contribution in [0, 0.1) is 0 Å². The molecule has 1 aromatic heterocycles. The van der Waals surface area contributed by atoms with Crippen molar-refractivity contribution in [3.63, 3.8) is 0 Å². The number of allylic oxidation sites excluding steroid dienone is 1. The Morgan fingerprint density at radius 3 is 2.59 bits per heavy atom. The first-order chi connectivity index (χ1) is 10.8. The molecule has 0 saturated carbocycles. The van der Waals surface area contributed by atoms with Crippen molar-refractivity contribution in [1.82, 2.24) is 0 Å². The van der Waals surface area contributed by atoms with Crippen LogP contribution in [0.15, 0.2) is 36.4 Å². The quantitative estimate of drug-likeness (QED) is 0.452. The Hall–Kier alpha value is -1.87. The molecule has 0 radical (unpaired) electrons. The molecule has 2 nitrogen and oxygen atoms in total. The van der Waals surface area contributed by atoms with E-state index in [-0.39, 0.29) is 0 Å². The summed E-state index contributed by atoms with van der Waals surface area (Å²) in [6, 6.07) is 9.92. The lowest BCUT2D eigenvalue weighted by Gasteiger charge is -2.03. The molecule has 0 fully saturated rings.